The summed E-state index contributed by atoms with van der Waals surface area (Å²) in [5, 5.41) is 6.84. The quantitative estimate of drug-likeness (QED) is 0.586. The second-order valence-electron chi connectivity index (χ2n) is 5.78. The third-order valence-electron chi connectivity index (χ3n) is 3.28. The predicted molar refractivity (Wildman–Crippen MR) is 74.3 cm³/mol. The second-order valence-corrected chi connectivity index (χ2v) is 7.29. The van der Waals surface area contributed by atoms with Gasteiger partial charge in [0, 0.05) is 24.4 Å². The van der Waals surface area contributed by atoms with Crippen molar-refractivity contribution in [3.63, 3.8) is 0 Å². The lowest BCUT2D eigenvalue weighted by atomic mass is 10.2. The molecule has 0 aliphatic heterocycles. The zero-order valence-electron chi connectivity index (χ0n) is 11.3. The van der Waals surface area contributed by atoms with Gasteiger partial charge in [-0.3, -0.25) is 4.99 Å². The van der Waals surface area contributed by atoms with Crippen LogP contribution in [0.5, 0.6) is 0 Å². The monoisotopic (exact) mass is 243 g/mol. The molecule has 0 bridgehead atoms. The molecule has 1 aliphatic rings. The van der Waals surface area contributed by atoms with Crippen molar-refractivity contribution in [2.24, 2.45) is 10.4 Å². The van der Waals surface area contributed by atoms with Gasteiger partial charge in [0.2, 0.25) is 0 Å². The highest BCUT2D eigenvalue weighted by Gasteiger charge is 2.46. The van der Waals surface area contributed by atoms with Gasteiger partial charge in [-0.05, 0) is 31.9 Å². The fourth-order valence-corrected chi connectivity index (χ4v) is 1.66. The number of thioether (sulfide) groups is 1. The maximum Gasteiger partial charge on any atom is 0.191 e. The maximum absolute atomic E-state index is 4.26. The number of nitrogens with zero attached hydrogens (tertiary/aromatic N) is 1. The van der Waals surface area contributed by atoms with E-state index in [1.807, 2.05) is 18.8 Å². The van der Waals surface area contributed by atoms with E-state index in [1.165, 1.54) is 6.42 Å². The first kappa shape index (κ1) is 13.7. The average Bonchev–Trinajstić information content (AvgIpc) is 2.81. The molecule has 0 aromatic rings. The molecule has 0 saturated heterocycles. The van der Waals surface area contributed by atoms with Crippen LogP contribution in [0.2, 0.25) is 0 Å². The first-order valence-corrected chi connectivity index (χ1v) is 7.05. The van der Waals surface area contributed by atoms with E-state index in [9.17, 15) is 0 Å². The number of hydrogen-bond donors (Lipinski definition) is 2. The lowest BCUT2D eigenvalue weighted by Gasteiger charge is -2.24. The molecule has 0 aromatic heterocycles. The van der Waals surface area contributed by atoms with E-state index >= 15 is 0 Å². The van der Waals surface area contributed by atoms with E-state index in [4.69, 9.17) is 0 Å². The van der Waals surface area contributed by atoms with Gasteiger partial charge in [-0.1, -0.05) is 13.8 Å². The van der Waals surface area contributed by atoms with Crippen LogP contribution in [0.15, 0.2) is 4.99 Å². The molecule has 1 unspecified atom stereocenters. The Morgan fingerprint density at radius 3 is 2.44 bits per heavy atom. The zero-order valence-corrected chi connectivity index (χ0v) is 12.2. The van der Waals surface area contributed by atoms with Crippen molar-refractivity contribution in [3.8, 4) is 0 Å². The van der Waals surface area contributed by atoms with Crippen molar-refractivity contribution in [1.29, 1.82) is 0 Å². The van der Waals surface area contributed by atoms with Crippen LogP contribution in [-0.2, 0) is 0 Å². The van der Waals surface area contributed by atoms with E-state index < -0.39 is 0 Å². The molecule has 1 atom stereocenters. The minimum Gasteiger partial charge on any atom is -0.355 e. The minimum absolute atomic E-state index is 0.247. The third kappa shape index (κ3) is 3.89. The van der Waals surface area contributed by atoms with E-state index in [0.29, 0.717) is 11.5 Å². The molecule has 1 fully saturated rings. The Kier molecular flexibility index (Phi) is 4.16. The Morgan fingerprint density at radius 2 is 2.06 bits per heavy atom. The lowest BCUT2D eigenvalue weighted by Crippen LogP contribution is -2.44. The largest absolute Gasteiger partial charge is 0.355 e. The Morgan fingerprint density at radius 1 is 1.50 bits per heavy atom. The summed E-state index contributed by atoms with van der Waals surface area (Å²) < 4.78 is 0.247. The number of guanidine groups is 1. The number of aliphatic imine (C=N–C) groups is 1. The zero-order chi connectivity index (χ0) is 12.4. The molecule has 2 N–H and O–H groups in total. The molecule has 16 heavy (non-hydrogen) atoms. The normalized spacial score (nSPS) is 24.1. The maximum atomic E-state index is 4.26. The fraction of sp³-hybridized carbons (Fsp3) is 0.917. The van der Waals surface area contributed by atoms with Crippen LogP contribution in [-0.4, -0.2) is 36.6 Å². The molecule has 0 radical (unpaired) electrons. The van der Waals surface area contributed by atoms with Gasteiger partial charge in [-0.2, -0.15) is 11.8 Å². The van der Waals surface area contributed by atoms with E-state index in [-0.39, 0.29) is 4.75 Å². The van der Waals surface area contributed by atoms with Crippen molar-refractivity contribution in [1.82, 2.24) is 10.6 Å². The second kappa shape index (κ2) is 4.86. The van der Waals surface area contributed by atoms with Gasteiger partial charge in [0.25, 0.3) is 0 Å². The topological polar surface area (TPSA) is 36.4 Å². The molecule has 3 nitrogen and oxygen atoms in total. The summed E-state index contributed by atoms with van der Waals surface area (Å²) >= 11 is 1.87. The summed E-state index contributed by atoms with van der Waals surface area (Å²) in [5.41, 5.74) is 0.437. The van der Waals surface area contributed by atoms with Gasteiger partial charge in [0.1, 0.15) is 0 Å². The van der Waals surface area contributed by atoms with E-state index in [0.717, 1.165) is 12.5 Å². The molecule has 94 valence electrons. The van der Waals surface area contributed by atoms with Crippen LogP contribution in [0.1, 0.15) is 34.1 Å². The molecule has 1 saturated carbocycles. The third-order valence-corrected chi connectivity index (χ3v) is 4.53. The average molecular weight is 243 g/mol. The van der Waals surface area contributed by atoms with Gasteiger partial charge in [0.05, 0.1) is 0 Å². The van der Waals surface area contributed by atoms with E-state index in [2.05, 4.69) is 49.6 Å². The van der Waals surface area contributed by atoms with Crippen LogP contribution < -0.4 is 10.6 Å². The highest BCUT2D eigenvalue weighted by atomic mass is 32.2. The summed E-state index contributed by atoms with van der Waals surface area (Å²) in [6.07, 6.45) is 3.38. The lowest BCUT2D eigenvalue weighted by molar-refractivity contribution is 0.584. The SMILES string of the molecule is CN=C(NCC(C)(C)SC)NC1CC1(C)C. The Bertz CT molecular complexity index is 271. The van der Waals surface area contributed by atoms with Crippen molar-refractivity contribution in [2.45, 2.75) is 44.9 Å². The van der Waals surface area contributed by atoms with E-state index in [1.54, 1.807) is 0 Å². The molecule has 0 heterocycles. The van der Waals surface area contributed by atoms with Crippen LogP contribution in [0.25, 0.3) is 0 Å². The summed E-state index contributed by atoms with van der Waals surface area (Å²) in [7, 11) is 1.83. The Balaban J connectivity index is 2.34. The van der Waals surface area contributed by atoms with Crippen molar-refractivity contribution >= 4 is 17.7 Å². The molecular weight excluding hydrogens is 218 g/mol. The molecule has 1 rings (SSSR count). The van der Waals surface area contributed by atoms with Crippen molar-refractivity contribution in [2.75, 3.05) is 19.8 Å². The number of hydrogen-bond acceptors (Lipinski definition) is 2. The van der Waals surface area contributed by atoms with Gasteiger partial charge >= 0.3 is 0 Å². The minimum atomic E-state index is 0.247. The molecule has 1 aliphatic carbocycles. The first-order valence-electron chi connectivity index (χ1n) is 5.83. The first-order chi connectivity index (χ1) is 7.30. The Hall–Kier alpha value is -0.380. The summed E-state index contributed by atoms with van der Waals surface area (Å²) in [5.74, 6) is 0.928. The molecule has 4 heteroatoms. The number of nitrogens with one attached hydrogen (secondary N) is 2. The molecule has 0 amide bonds. The molecule has 0 aromatic carbocycles. The summed E-state index contributed by atoms with van der Waals surface area (Å²) in [6, 6.07) is 0.580. The van der Waals surface area contributed by atoms with Gasteiger partial charge in [-0.25, -0.2) is 0 Å². The molecule has 0 spiro atoms. The smallest absolute Gasteiger partial charge is 0.191 e. The van der Waals surface area contributed by atoms with Crippen molar-refractivity contribution in [3.05, 3.63) is 0 Å². The molecular formula is C12H25N3S. The van der Waals surface area contributed by atoms with Gasteiger partial charge in [0.15, 0.2) is 5.96 Å². The van der Waals surface area contributed by atoms with Crippen molar-refractivity contribution < 1.29 is 0 Å². The fourth-order valence-electron chi connectivity index (χ4n) is 1.44. The summed E-state index contributed by atoms with van der Waals surface area (Å²) in [6.45, 7) is 9.96. The predicted octanol–water partition coefficient (Wildman–Crippen LogP) is 2.09. The standard InChI is InChI=1S/C12H25N3S/c1-11(2)7-9(11)15-10(13-5)14-8-12(3,4)16-6/h9H,7-8H2,1-6H3,(H2,13,14,15). The number of rotatable bonds is 4. The Labute approximate surface area is 104 Å². The highest BCUT2D eigenvalue weighted by molar-refractivity contribution is 7.99. The van der Waals surface area contributed by atoms with Crippen LogP contribution in [0.4, 0.5) is 0 Å². The van der Waals surface area contributed by atoms with Crippen LogP contribution in [0.3, 0.4) is 0 Å². The highest BCUT2D eigenvalue weighted by Crippen LogP contribution is 2.44. The summed E-state index contributed by atoms with van der Waals surface area (Å²) in [4.78, 5) is 4.26. The van der Waals surface area contributed by atoms with Gasteiger partial charge < -0.3 is 10.6 Å². The van der Waals surface area contributed by atoms with Crippen LogP contribution >= 0.6 is 11.8 Å². The van der Waals surface area contributed by atoms with Gasteiger partial charge in [-0.15, -0.1) is 0 Å². The van der Waals surface area contributed by atoms with Crippen LogP contribution in [0, 0.1) is 5.41 Å².